The van der Waals surface area contributed by atoms with Crippen LogP contribution >= 0.6 is 0 Å². The van der Waals surface area contributed by atoms with Crippen molar-refractivity contribution < 1.29 is 4.42 Å². The second-order valence-corrected chi connectivity index (χ2v) is 9.10. The molecule has 36 heavy (non-hydrogen) atoms. The molecular weight excluding hydrogens is 438 g/mol. The van der Waals surface area contributed by atoms with Gasteiger partial charge in [0.15, 0.2) is 5.58 Å². The number of hydrogen-bond donors (Lipinski definition) is 1. The zero-order chi connectivity index (χ0) is 23.9. The molecule has 0 saturated carbocycles. The first kappa shape index (κ1) is 20.5. The van der Waals surface area contributed by atoms with Gasteiger partial charge in [-0.1, -0.05) is 103 Å². The number of rotatable bonds is 4. The lowest BCUT2D eigenvalue weighted by molar-refractivity contribution is 0.670. The molecule has 2 nitrogen and oxygen atoms in total. The van der Waals surface area contributed by atoms with Crippen molar-refractivity contribution >= 4 is 44.1 Å². The van der Waals surface area contributed by atoms with E-state index in [2.05, 4.69) is 127 Å². The van der Waals surface area contributed by atoms with Gasteiger partial charge < -0.3 is 9.73 Å². The van der Waals surface area contributed by atoms with Crippen molar-refractivity contribution in [3.63, 3.8) is 0 Å². The average Bonchev–Trinajstić information content (AvgIpc) is 3.33. The van der Waals surface area contributed by atoms with Gasteiger partial charge in [0.2, 0.25) is 0 Å². The van der Waals surface area contributed by atoms with Crippen LogP contribution in [-0.4, -0.2) is 0 Å². The highest BCUT2D eigenvalue weighted by molar-refractivity contribution is 6.15. The van der Waals surface area contributed by atoms with E-state index < -0.39 is 0 Å². The van der Waals surface area contributed by atoms with Crippen LogP contribution in [0, 0.1) is 0 Å². The molecule has 6 aromatic carbocycles. The molecule has 1 N–H and O–H groups in total. The van der Waals surface area contributed by atoms with Crippen molar-refractivity contribution in [3.05, 3.63) is 133 Å². The molecule has 2 heteroatoms. The Labute approximate surface area is 209 Å². The van der Waals surface area contributed by atoms with Crippen LogP contribution in [0.4, 0.5) is 11.4 Å². The first-order valence-electron chi connectivity index (χ1n) is 12.2. The summed E-state index contributed by atoms with van der Waals surface area (Å²) in [4.78, 5) is 0. The number of nitrogens with one attached hydrogen (secondary N) is 1. The maximum absolute atomic E-state index is 6.42. The number of furan rings is 1. The van der Waals surface area contributed by atoms with Crippen molar-refractivity contribution in [3.8, 4) is 22.3 Å². The predicted octanol–water partition coefficient (Wildman–Crippen LogP) is 9.82. The lowest BCUT2D eigenvalue weighted by atomic mass is 9.99. The van der Waals surface area contributed by atoms with Crippen molar-refractivity contribution in [1.82, 2.24) is 0 Å². The van der Waals surface area contributed by atoms with Crippen LogP contribution in [0.2, 0.25) is 0 Å². The predicted molar refractivity (Wildman–Crippen MR) is 152 cm³/mol. The molecule has 0 radical (unpaired) electrons. The van der Waals surface area contributed by atoms with E-state index in [1.807, 2.05) is 12.1 Å². The molecule has 1 aromatic heterocycles. The number of benzene rings is 6. The summed E-state index contributed by atoms with van der Waals surface area (Å²) in [5, 5.41) is 8.37. The summed E-state index contributed by atoms with van der Waals surface area (Å²) in [5.74, 6) is 0. The topological polar surface area (TPSA) is 25.2 Å². The van der Waals surface area contributed by atoms with Gasteiger partial charge in [0, 0.05) is 16.5 Å². The minimum absolute atomic E-state index is 0.868. The second-order valence-electron chi connectivity index (χ2n) is 9.10. The zero-order valence-electron chi connectivity index (χ0n) is 19.6. The molecule has 0 bridgehead atoms. The molecule has 0 amide bonds. The minimum atomic E-state index is 0.868. The van der Waals surface area contributed by atoms with Gasteiger partial charge in [-0.05, 0) is 63.4 Å². The Morgan fingerprint density at radius 3 is 2.17 bits per heavy atom. The molecule has 1 heterocycles. The van der Waals surface area contributed by atoms with Gasteiger partial charge in [-0.3, -0.25) is 0 Å². The van der Waals surface area contributed by atoms with Gasteiger partial charge in [0.1, 0.15) is 5.58 Å². The standard InChI is InChI=1S/C34H23NO/c1-2-10-24(11-3-1)29-15-8-18-32-33(29)30-16-7-17-31(34(30)36-32)35-28-14-6-13-26(22-28)27-20-19-23-9-4-5-12-25(23)21-27/h1-22,35H. The molecular formula is C34H23NO. The van der Waals surface area contributed by atoms with E-state index in [4.69, 9.17) is 4.42 Å². The molecule has 0 fully saturated rings. The second kappa shape index (κ2) is 8.44. The Kier molecular flexibility index (Phi) is 4.82. The zero-order valence-corrected chi connectivity index (χ0v) is 19.6. The van der Waals surface area contributed by atoms with Crippen molar-refractivity contribution in [2.75, 3.05) is 5.32 Å². The summed E-state index contributed by atoms with van der Waals surface area (Å²) in [6.07, 6.45) is 0. The van der Waals surface area contributed by atoms with E-state index in [1.54, 1.807) is 0 Å². The van der Waals surface area contributed by atoms with Gasteiger partial charge in [0.25, 0.3) is 0 Å². The highest BCUT2D eigenvalue weighted by Gasteiger charge is 2.15. The SMILES string of the molecule is c1ccc(-c2cccc3oc4c(Nc5cccc(-c6ccc7ccccc7c6)c5)cccc4c23)cc1. The third-order valence-corrected chi connectivity index (χ3v) is 6.83. The molecule has 0 aliphatic heterocycles. The molecule has 7 rings (SSSR count). The van der Waals surface area contributed by atoms with Crippen LogP contribution in [0.1, 0.15) is 0 Å². The minimum Gasteiger partial charge on any atom is -0.454 e. The Morgan fingerprint density at radius 1 is 0.500 bits per heavy atom. The summed E-state index contributed by atoms with van der Waals surface area (Å²) < 4.78 is 6.42. The molecule has 170 valence electrons. The van der Waals surface area contributed by atoms with E-state index in [1.165, 1.54) is 33.0 Å². The largest absolute Gasteiger partial charge is 0.454 e. The van der Waals surface area contributed by atoms with E-state index >= 15 is 0 Å². The lowest BCUT2D eigenvalue weighted by Crippen LogP contribution is -1.91. The van der Waals surface area contributed by atoms with Crippen LogP contribution < -0.4 is 5.32 Å². The number of anilines is 2. The van der Waals surface area contributed by atoms with Crippen LogP contribution in [0.15, 0.2) is 138 Å². The van der Waals surface area contributed by atoms with Crippen molar-refractivity contribution in [2.45, 2.75) is 0 Å². The van der Waals surface area contributed by atoms with Gasteiger partial charge in [0.05, 0.1) is 5.69 Å². The Hall–Kier alpha value is -4.82. The van der Waals surface area contributed by atoms with Gasteiger partial charge >= 0.3 is 0 Å². The average molecular weight is 462 g/mol. The van der Waals surface area contributed by atoms with E-state index in [0.29, 0.717) is 0 Å². The molecule has 0 aliphatic carbocycles. The van der Waals surface area contributed by atoms with Gasteiger partial charge in [-0.25, -0.2) is 0 Å². The molecule has 0 atom stereocenters. The van der Waals surface area contributed by atoms with Crippen LogP contribution in [0.25, 0.3) is 55.0 Å². The Morgan fingerprint density at radius 2 is 1.25 bits per heavy atom. The smallest absolute Gasteiger partial charge is 0.158 e. The van der Waals surface area contributed by atoms with Crippen LogP contribution in [0.5, 0.6) is 0 Å². The first-order valence-corrected chi connectivity index (χ1v) is 12.2. The number of hydrogen-bond acceptors (Lipinski definition) is 2. The Bertz CT molecular complexity index is 1860. The van der Waals surface area contributed by atoms with Crippen molar-refractivity contribution in [1.29, 1.82) is 0 Å². The third-order valence-electron chi connectivity index (χ3n) is 6.83. The number of fused-ring (bicyclic) bond motifs is 4. The highest BCUT2D eigenvalue weighted by atomic mass is 16.3. The lowest BCUT2D eigenvalue weighted by Gasteiger charge is -2.10. The molecule has 0 spiro atoms. The van der Waals surface area contributed by atoms with E-state index in [9.17, 15) is 0 Å². The maximum Gasteiger partial charge on any atom is 0.158 e. The van der Waals surface area contributed by atoms with E-state index in [-0.39, 0.29) is 0 Å². The first-order chi connectivity index (χ1) is 17.8. The fourth-order valence-corrected chi connectivity index (χ4v) is 5.11. The van der Waals surface area contributed by atoms with Crippen LogP contribution in [-0.2, 0) is 0 Å². The molecule has 0 unspecified atom stereocenters. The summed E-state index contributed by atoms with van der Waals surface area (Å²) in [7, 11) is 0. The molecule has 0 saturated heterocycles. The monoisotopic (exact) mass is 461 g/mol. The third kappa shape index (κ3) is 3.52. The molecule has 7 aromatic rings. The van der Waals surface area contributed by atoms with E-state index in [0.717, 1.165) is 33.3 Å². The van der Waals surface area contributed by atoms with Gasteiger partial charge in [-0.15, -0.1) is 0 Å². The summed E-state index contributed by atoms with van der Waals surface area (Å²) in [6, 6.07) is 46.7. The summed E-state index contributed by atoms with van der Waals surface area (Å²) >= 11 is 0. The number of para-hydroxylation sites is 1. The normalized spacial score (nSPS) is 11.3. The highest BCUT2D eigenvalue weighted by Crippen LogP contribution is 2.40. The van der Waals surface area contributed by atoms with Crippen molar-refractivity contribution in [2.24, 2.45) is 0 Å². The Balaban J connectivity index is 1.30. The fourth-order valence-electron chi connectivity index (χ4n) is 5.11. The summed E-state index contributed by atoms with van der Waals surface area (Å²) in [6.45, 7) is 0. The van der Waals surface area contributed by atoms with Gasteiger partial charge in [-0.2, -0.15) is 0 Å². The fraction of sp³-hybridized carbons (Fsp3) is 0. The van der Waals surface area contributed by atoms with Crippen LogP contribution in [0.3, 0.4) is 0 Å². The summed E-state index contributed by atoms with van der Waals surface area (Å²) in [5.41, 5.74) is 8.49. The maximum atomic E-state index is 6.42. The quantitative estimate of drug-likeness (QED) is 0.282. The molecule has 0 aliphatic rings.